The van der Waals surface area contributed by atoms with Gasteiger partial charge in [0.25, 0.3) is 17.7 Å². The maximum atomic E-state index is 12.2. The van der Waals surface area contributed by atoms with E-state index in [0.29, 0.717) is 118 Å². The van der Waals surface area contributed by atoms with Gasteiger partial charge in [-0.2, -0.15) is 0 Å². The molecule has 0 spiro atoms. The van der Waals surface area contributed by atoms with Gasteiger partial charge in [0.1, 0.15) is 60.1 Å². The highest BCUT2D eigenvalue weighted by Gasteiger charge is 2.26. The molecule has 0 aliphatic heterocycles. The van der Waals surface area contributed by atoms with Crippen molar-refractivity contribution >= 4 is 122 Å². The van der Waals surface area contributed by atoms with Gasteiger partial charge >= 0.3 is 0 Å². The fourth-order valence-electron chi connectivity index (χ4n) is 16.4. The number of carbonyl (C=O) groups excluding carboxylic acids is 8. The van der Waals surface area contributed by atoms with E-state index in [1.165, 1.54) is 55.2 Å². The largest absolute Gasteiger partial charge is 0.486 e. The van der Waals surface area contributed by atoms with Crippen LogP contribution in [0.4, 0.5) is 5.69 Å². The van der Waals surface area contributed by atoms with E-state index in [9.17, 15) is 38.4 Å². The Kier molecular flexibility index (Phi) is 51.4. The summed E-state index contributed by atoms with van der Waals surface area (Å²) < 4.78 is 32.9. The minimum absolute atomic E-state index is 0. The molecule has 0 heterocycles. The summed E-state index contributed by atoms with van der Waals surface area (Å²) in [6.45, 7) is 10.9. The van der Waals surface area contributed by atoms with Crippen LogP contribution < -0.4 is 55.0 Å². The zero-order valence-electron chi connectivity index (χ0n) is 84.3. The number of hydrogen-bond donors (Lipinski definition) is 5. The second-order valence-corrected chi connectivity index (χ2v) is 39.9. The summed E-state index contributed by atoms with van der Waals surface area (Å²) in [6, 6.07) is 98.4. The quantitative estimate of drug-likeness (QED) is 0.0238. The summed E-state index contributed by atoms with van der Waals surface area (Å²) in [6.07, 6.45) is 16.7. The van der Waals surface area contributed by atoms with E-state index in [2.05, 4.69) is 50.8 Å². The Balaban J connectivity index is 0.000000190. The number of nitrogens with one attached hydrogen (secondary N) is 5. The van der Waals surface area contributed by atoms with Crippen molar-refractivity contribution in [3.63, 3.8) is 0 Å². The van der Waals surface area contributed by atoms with Crippen LogP contribution >= 0.6 is 69.6 Å². The van der Waals surface area contributed by atoms with Crippen molar-refractivity contribution in [2.75, 3.05) is 51.5 Å². The molecule has 0 saturated heterocycles. The summed E-state index contributed by atoms with van der Waals surface area (Å²) in [5.41, 5.74) is 14.8. The molecular weight excluding hydrogens is 2000 g/mol. The van der Waals surface area contributed by atoms with Crippen LogP contribution in [-0.2, 0) is 96.5 Å². The topological polar surface area (TPSA) is 252 Å². The molecule has 25 heteroatoms. The Labute approximate surface area is 907 Å². The van der Waals surface area contributed by atoms with E-state index in [1.54, 1.807) is 97.1 Å². The summed E-state index contributed by atoms with van der Waals surface area (Å²) in [5.74, 6) is 5.72. The third-order valence-corrected chi connectivity index (χ3v) is 26.8. The minimum Gasteiger partial charge on any atom is -0.486 e. The fourth-order valence-corrected chi connectivity index (χ4v) is 17.4. The van der Waals surface area contributed by atoms with E-state index < -0.39 is 0 Å². The van der Waals surface area contributed by atoms with Crippen molar-refractivity contribution in [2.45, 2.75) is 183 Å². The number of ether oxygens (including phenoxy) is 6. The summed E-state index contributed by atoms with van der Waals surface area (Å²) in [4.78, 5) is 96.9. The molecule has 0 atom stereocenters. The Bertz CT molecular complexity index is 5870. The van der Waals surface area contributed by atoms with Gasteiger partial charge in [0.2, 0.25) is 5.91 Å². The molecule has 15 rings (SSSR count). The first-order valence-corrected chi connectivity index (χ1v) is 52.5. The van der Waals surface area contributed by atoms with Gasteiger partial charge in [-0.25, -0.2) is 0 Å². The van der Waals surface area contributed by atoms with Gasteiger partial charge in [-0.15, -0.1) is 0 Å². The molecular formula is C124H135Cl6N5O14. The maximum Gasteiger partial charge on any atom is 0.262 e. The number of amides is 4. The number of ketones is 4. The Morgan fingerprint density at radius 3 is 1.09 bits per heavy atom. The summed E-state index contributed by atoms with van der Waals surface area (Å²) in [7, 11) is 0. The smallest absolute Gasteiger partial charge is 0.262 e. The lowest BCUT2D eigenvalue weighted by molar-refractivity contribution is -0.125. The van der Waals surface area contributed by atoms with E-state index >= 15 is 0 Å². The zero-order chi connectivity index (χ0) is 105. The predicted molar refractivity (Wildman–Crippen MR) is 601 cm³/mol. The lowest BCUT2D eigenvalue weighted by Gasteiger charge is -2.28. The third kappa shape index (κ3) is 47.1. The molecule has 19 nitrogen and oxygen atoms in total. The van der Waals surface area contributed by atoms with Crippen molar-refractivity contribution in [3.05, 3.63) is 418 Å². The third-order valence-electron chi connectivity index (χ3n) is 25.1. The summed E-state index contributed by atoms with van der Waals surface area (Å²) >= 11 is 35.8. The molecule has 2 aliphatic rings. The highest BCUT2D eigenvalue weighted by molar-refractivity contribution is 6.32. The van der Waals surface area contributed by atoms with Gasteiger partial charge in [0.05, 0.1) is 6.42 Å². The van der Waals surface area contributed by atoms with Crippen LogP contribution in [0.3, 0.4) is 0 Å². The van der Waals surface area contributed by atoms with Gasteiger partial charge in [0.15, 0.2) is 37.2 Å². The number of rotatable bonds is 46. The van der Waals surface area contributed by atoms with Crippen LogP contribution in [0.1, 0.15) is 163 Å². The van der Waals surface area contributed by atoms with Gasteiger partial charge in [-0.05, 0) is 312 Å². The van der Waals surface area contributed by atoms with Crippen LogP contribution in [0.2, 0.25) is 30.1 Å². The normalized spacial score (nSPS) is 13.7. The molecule has 782 valence electrons. The molecule has 2 saturated carbocycles. The van der Waals surface area contributed by atoms with E-state index in [4.69, 9.17) is 98.0 Å². The average molecular weight is 2130 g/mol. The molecule has 5 N–H and O–H groups in total. The zero-order valence-corrected chi connectivity index (χ0v) is 88.9. The Morgan fingerprint density at radius 1 is 0.289 bits per heavy atom. The van der Waals surface area contributed by atoms with Crippen molar-refractivity contribution in [1.29, 1.82) is 0 Å². The first kappa shape index (κ1) is 118. The van der Waals surface area contributed by atoms with E-state index in [-0.39, 0.29) is 106 Å². The molecule has 4 amide bonds. The molecule has 13 aromatic carbocycles. The molecule has 13 aromatic rings. The first-order valence-electron chi connectivity index (χ1n) is 50.3. The lowest BCUT2D eigenvalue weighted by atomic mass is 9.79. The first-order chi connectivity index (χ1) is 71.6. The van der Waals surface area contributed by atoms with Crippen LogP contribution in [0.25, 0.3) is 0 Å². The molecule has 0 bridgehead atoms. The second kappa shape index (κ2) is 65.0. The number of hydrogen-bond acceptors (Lipinski definition) is 15. The Hall–Kier alpha value is -13.1. The lowest BCUT2D eigenvalue weighted by Crippen LogP contribution is -2.40. The van der Waals surface area contributed by atoms with Gasteiger partial charge in [0, 0.05) is 93.6 Å². The molecule has 0 aromatic heterocycles. The number of anilines is 1. The molecule has 2 aliphatic carbocycles. The Morgan fingerprint density at radius 2 is 0.624 bits per heavy atom. The highest BCUT2D eigenvalue weighted by atomic mass is 35.5. The predicted octanol–water partition coefficient (Wildman–Crippen LogP) is 27.3. The SMILES string of the molecule is C.Cc1ccc(CC(=O)NCc2ccc(CCC(=O)Cc3ccc(Cl)cc3)cc2)cc1.Cc1ccc(OCC(=O)CC2CCC(NC(=O)COc3ccc(Cl)cc3)CC2)cc1.Cc1ccc(OCC(=O)CCc2ccc(CNC(=O)COc3ccc(Cl)cc3)cc2)cc1.Cc1ccc(OCC(=O)Cc2ccc(NC(=O)COc3ccc(Cl)cc3)cc2)cc1.Clc1ccccc1CCCC1CCC(CNCc2ccccc2Cl)CC1. The monoisotopic (exact) mass is 2130 g/mol. The van der Waals surface area contributed by atoms with E-state index in [1.807, 2.05) is 222 Å². The maximum absolute atomic E-state index is 12.2. The number of aryl methyl sites for hydroxylation is 7. The molecule has 0 radical (unpaired) electrons. The number of benzene rings is 13. The van der Waals surface area contributed by atoms with Crippen molar-refractivity contribution in [1.82, 2.24) is 21.3 Å². The number of Topliss-reactive ketones (excluding diaryl/α,β-unsaturated/α-hetero) is 4. The highest BCUT2D eigenvalue weighted by Crippen LogP contribution is 2.34. The molecule has 0 unspecified atom stereocenters. The van der Waals surface area contributed by atoms with Crippen LogP contribution in [0.15, 0.2) is 315 Å². The van der Waals surface area contributed by atoms with Crippen molar-refractivity contribution in [3.8, 4) is 34.5 Å². The van der Waals surface area contributed by atoms with Crippen LogP contribution in [-0.4, -0.2) is 99.0 Å². The fraction of sp³-hybridized carbons (Fsp3) is 0.306. The van der Waals surface area contributed by atoms with Crippen LogP contribution in [0, 0.1) is 45.4 Å². The second-order valence-electron chi connectivity index (χ2n) is 37.3. The van der Waals surface area contributed by atoms with Gasteiger partial charge in [-0.1, -0.05) is 288 Å². The minimum atomic E-state index is -0.278. The van der Waals surface area contributed by atoms with E-state index in [0.717, 1.165) is 128 Å². The molecule has 149 heavy (non-hydrogen) atoms. The number of halogens is 6. The van der Waals surface area contributed by atoms with Gasteiger partial charge < -0.3 is 55.0 Å². The average Bonchev–Trinajstić information content (AvgIpc) is 0.812. The van der Waals surface area contributed by atoms with Crippen LogP contribution in [0.5, 0.6) is 34.5 Å². The standard InChI is InChI=1S/C26H26ClNO4.C26H26ClNO2.C24H28ClNO4.C24H22ClNO4.C23H29Cl2N.CH4/c1-19-2-12-24(13-3-19)31-17-23(29)11-8-20-4-6-21(7-5-20)16-28-26(30)18-32-25-14-9-22(27)10-15-25;1-19-2-4-22(5-3-19)17-26(30)28-18-23-8-6-20(7-9-23)12-15-25(29)16-21-10-13-24(27)14-11-21;2*1-17-2-10-22(11-3-17)29-15-21(27)14-18-4-8-20(9-5-18)26-24(28)16-30-23-12-6-19(25)7-13-23;24-22-10-3-1-7-20(22)9-5-6-18-12-14-19(15-13-18)16-26-17-21-8-2-4-11-23(21)25;/h2-7,9-10,12-15H,8,11,16-18H2,1H3,(H,28,30);2-11,13-14H,12,15-18H2,1H3,(H,28,30);2-3,6-7,10-13,18,20H,4-5,8-9,14-16H2,1H3,(H,26,28);2-13H,14-16H2,1H3,(H,26,28);1-4,7-8,10-11,18-19,26H,5-6,9,12-17H2;1H4. The number of carbonyl (C=O) groups is 8. The van der Waals surface area contributed by atoms with Crippen molar-refractivity contribution in [2.24, 2.45) is 17.8 Å². The molecule has 2 fully saturated rings. The van der Waals surface area contributed by atoms with Crippen molar-refractivity contribution < 1.29 is 66.8 Å². The van der Waals surface area contributed by atoms with Gasteiger partial charge in [-0.3, -0.25) is 38.4 Å². The summed E-state index contributed by atoms with van der Waals surface area (Å²) in [5, 5.41) is 19.5.